The number of ketones is 1. The van der Waals surface area contributed by atoms with Crippen molar-refractivity contribution in [2.45, 2.75) is 132 Å². The van der Waals surface area contributed by atoms with E-state index in [0.717, 1.165) is 32.1 Å². The number of carbonyl (C=O) groups excluding carboxylic acids is 5. The Labute approximate surface area is 326 Å². The number of sulfone groups is 1. The lowest BCUT2D eigenvalue weighted by atomic mass is 9.84. The summed E-state index contributed by atoms with van der Waals surface area (Å²) in [6.07, 6.45) is 5.52. The third-order valence-electron chi connectivity index (χ3n) is 10.4. The third-order valence-corrected chi connectivity index (χ3v) is 12.6. The molecule has 56 heavy (non-hydrogen) atoms. The number of rotatable bonds is 18. The summed E-state index contributed by atoms with van der Waals surface area (Å²) in [6.45, 7) is 6.18. The molecule has 1 saturated heterocycles. The van der Waals surface area contributed by atoms with E-state index in [1.165, 1.54) is 53.9 Å². The first kappa shape index (κ1) is 43.8. The summed E-state index contributed by atoms with van der Waals surface area (Å²) in [4.78, 5) is 79.7. The lowest BCUT2D eigenvalue weighted by Gasteiger charge is -2.32. The first-order chi connectivity index (χ1) is 26.3. The van der Waals surface area contributed by atoms with Crippen LogP contribution in [0, 0.1) is 5.92 Å². The van der Waals surface area contributed by atoms with Crippen molar-refractivity contribution in [1.29, 1.82) is 0 Å². The molecule has 0 spiro atoms. The fraction of sp³-hybridized carbons (Fsp3) is 0.622. The number of benzene rings is 1. The highest BCUT2D eigenvalue weighted by atomic mass is 32.2. The summed E-state index contributed by atoms with van der Waals surface area (Å²) in [5.74, 6) is -4.21. The van der Waals surface area contributed by atoms with Gasteiger partial charge in [-0.05, 0) is 83.6 Å². The molecule has 308 valence electrons. The number of likely N-dealkylation sites (tertiary alicyclic amines) is 1. The number of Topliss-reactive ketones (excluding diaryl/α,β-unsaturated/α-hetero) is 1. The minimum Gasteiger partial charge on any atom is -0.465 e. The Morgan fingerprint density at radius 3 is 2.23 bits per heavy atom. The molecule has 2 heterocycles. The largest absolute Gasteiger partial charge is 0.465 e. The highest BCUT2D eigenvalue weighted by Gasteiger charge is 2.45. The quantitative estimate of drug-likeness (QED) is 0.0926. The van der Waals surface area contributed by atoms with Crippen molar-refractivity contribution >= 4 is 45.3 Å². The van der Waals surface area contributed by atoms with Crippen LogP contribution in [0.4, 0.5) is 4.79 Å². The Kier molecular flexibility index (Phi) is 14.7. The van der Waals surface area contributed by atoms with Crippen LogP contribution in [0.15, 0.2) is 35.4 Å². The molecular weight excluding hydrogens is 749 g/mol. The van der Waals surface area contributed by atoms with Gasteiger partial charge in [-0.2, -0.15) is 0 Å². The van der Waals surface area contributed by atoms with Gasteiger partial charge >= 0.3 is 6.09 Å². The van der Waals surface area contributed by atoms with E-state index in [-0.39, 0.29) is 55.1 Å². The van der Waals surface area contributed by atoms with Crippen molar-refractivity contribution < 1.29 is 47.4 Å². The van der Waals surface area contributed by atoms with Gasteiger partial charge in [0.25, 0.3) is 11.8 Å². The molecule has 5 amide bonds. The molecule has 0 bridgehead atoms. The minimum absolute atomic E-state index is 0.0279. The summed E-state index contributed by atoms with van der Waals surface area (Å²) in [7, 11) is -3.60. The van der Waals surface area contributed by atoms with Gasteiger partial charge in [0.2, 0.25) is 17.6 Å². The van der Waals surface area contributed by atoms with Gasteiger partial charge in [0.15, 0.2) is 9.84 Å². The average molecular weight is 803 g/mol. The van der Waals surface area contributed by atoms with Crippen molar-refractivity contribution in [2.75, 3.05) is 13.1 Å². The Morgan fingerprint density at radius 2 is 1.64 bits per heavy atom. The van der Waals surface area contributed by atoms with E-state index in [4.69, 9.17) is 10.8 Å². The Morgan fingerprint density at radius 1 is 0.982 bits per heavy atom. The van der Waals surface area contributed by atoms with Crippen LogP contribution in [0.2, 0.25) is 0 Å². The molecule has 2 fully saturated rings. The van der Waals surface area contributed by atoms with Gasteiger partial charge in [-0.3, -0.25) is 24.0 Å². The first-order valence-corrected chi connectivity index (χ1v) is 20.5. The van der Waals surface area contributed by atoms with Crippen molar-refractivity contribution in [3.63, 3.8) is 0 Å². The summed E-state index contributed by atoms with van der Waals surface area (Å²) in [5.41, 5.74) is 4.37. The van der Waals surface area contributed by atoms with E-state index in [0.29, 0.717) is 12.1 Å². The van der Waals surface area contributed by atoms with Crippen LogP contribution in [0.1, 0.15) is 114 Å². The standard InChI is InChI=1S/C37H54N8O10S/c1-22(2)56(54,55)26-15-13-24(14-16-26)33(48)42-28(18-23-10-6-5-7-11-23)35(50)44-21-25(45-30(20-40-43-45)37(3,4)53)19-29(44)34(49)41-27(31(46)32(38)47)12-8-9-17-39-36(51)52/h13-16,20,22-23,25,27-29,39,53H,5-12,17-19,21H2,1-4H3,(H2,38,47)(H,41,49)(H,42,48)(H,51,52)/t25-,27?,28+,29-/m0/s1. The van der Waals surface area contributed by atoms with Gasteiger partial charge in [-0.1, -0.05) is 37.3 Å². The number of nitrogens with one attached hydrogen (secondary N) is 3. The maximum absolute atomic E-state index is 14.7. The molecule has 4 rings (SSSR count). The first-order valence-electron chi connectivity index (χ1n) is 19.0. The Bertz CT molecular complexity index is 1850. The number of amides is 5. The van der Waals surface area contributed by atoms with Crippen molar-refractivity contribution in [3.8, 4) is 0 Å². The molecule has 1 unspecified atom stereocenters. The van der Waals surface area contributed by atoms with E-state index in [1.807, 2.05) is 0 Å². The Balaban J connectivity index is 1.66. The molecule has 1 aromatic carbocycles. The number of hydrogen-bond donors (Lipinski definition) is 6. The van der Waals surface area contributed by atoms with Gasteiger partial charge in [0.05, 0.1) is 34.1 Å². The number of aromatic nitrogens is 3. The van der Waals surface area contributed by atoms with E-state index in [9.17, 15) is 42.3 Å². The van der Waals surface area contributed by atoms with E-state index in [2.05, 4.69) is 26.3 Å². The normalized spacial score (nSPS) is 18.9. The monoisotopic (exact) mass is 802 g/mol. The molecular formula is C37H54N8O10S. The fourth-order valence-corrected chi connectivity index (χ4v) is 8.36. The van der Waals surface area contributed by atoms with E-state index < -0.39 is 80.4 Å². The van der Waals surface area contributed by atoms with Crippen LogP contribution in [0.3, 0.4) is 0 Å². The predicted molar refractivity (Wildman–Crippen MR) is 202 cm³/mol. The van der Waals surface area contributed by atoms with Crippen LogP contribution >= 0.6 is 0 Å². The maximum atomic E-state index is 14.7. The maximum Gasteiger partial charge on any atom is 0.404 e. The molecule has 19 heteroatoms. The van der Waals surface area contributed by atoms with Gasteiger partial charge in [-0.15, -0.1) is 5.10 Å². The fourth-order valence-electron chi connectivity index (χ4n) is 7.30. The van der Waals surface area contributed by atoms with Crippen molar-refractivity contribution in [1.82, 2.24) is 35.8 Å². The molecule has 1 aliphatic heterocycles. The van der Waals surface area contributed by atoms with Crippen LogP contribution in [-0.4, -0.2) is 110 Å². The lowest BCUT2D eigenvalue weighted by molar-refractivity contribution is -0.142. The molecule has 18 nitrogen and oxygen atoms in total. The number of carboxylic acid groups (broad SMARTS) is 1. The number of aliphatic hydroxyl groups is 1. The van der Waals surface area contributed by atoms with Gasteiger partial charge in [-0.25, -0.2) is 17.9 Å². The van der Waals surface area contributed by atoms with Crippen LogP contribution in [0.25, 0.3) is 0 Å². The molecule has 0 radical (unpaired) electrons. The number of primary amides is 1. The summed E-state index contributed by atoms with van der Waals surface area (Å²) in [6, 6.07) is 1.09. The van der Waals surface area contributed by atoms with Crippen LogP contribution in [0.5, 0.6) is 0 Å². The summed E-state index contributed by atoms with van der Waals surface area (Å²) < 4.78 is 26.8. The third kappa shape index (κ3) is 11.1. The smallest absolute Gasteiger partial charge is 0.404 e. The van der Waals surface area contributed by atoms with Crippen LogP contribution < -0.4 is 21.7 Å². The zero-order chi connectivity index (χ0) is 41.4. The number of unbranched alkanes of at least 4 members (excludes halogenated alkanes) is 1. The van der Waals surface area contributed by atoms with Crippen molar-refractivity contribution in [2.24, 2.45) is 11.7 Å². The highest BCUT2D eigenvalue weighted by Crippen LogP contribution is 2.33. The lowest BCUT2D eigenvalue weighted by Crippen LogP contribution is -2.56. The molecule has 7 N–H and O–H groups in total. The van der Waals surface area contributed by atoms with E-state index in [1.54, 1.807) is 13.8 Å². The highest BCUT2D eigenvalue weighted by molar-refractivity contribution is 7.92. The molecule has 2 aliphatic rings. The predicted octanol–water partition coefficient (Wildman–Crippen LogP) is 1.58. The molecule has 4 atom stereocenters. The second kappa shape index (κ2) is 18.8. The number of nitrogens with two attached hydrogens (primary N) is 1. The van der Waals surface area contributed by atoms with Gasteiger partial charge < -0.3 is 36.8 Å². The number of nitrogens with zero attached hydrogens (tertiary/aromatic N) is 4. The van der Waals surface area contributed by atoms with Crippen LogP contribution in [-0.2, 0) is 34.6 Å². The molecule has 2 aromatic rings. The number of hydrogen-bond acceptors (Lipinski definition) is 11. The minimum atomic E-state index is -3.60. The summed E-state index contributed by atoms with van der Waals surface area (Å²) >= 11 is 0. The van der Waals surface area contributed by atoms with Gasteiger partial charge in [0, 0.05) is 25.1 Å². The van der Waals surface area contributed by atoms with E-state index >= 15 is 0 Å². The zero-order valence-corrected chi connectivity index (χ0v) is 33.1. The summed E-state index contributed by atoms with van der Waals surface area (Å²) in [5, 5.41) is 34.8. The van der Waals surface area contributed by atoms with Crippen molar-refractivity contribution in [3.05, 3.63) is 41.7 Å². The molecule has 1 aromatic heterocycles. The average Bonchev–Trinajstić information content (AvgIpc) is 3.82. The Hall–Kier alpha value is -4.91. The zero-order valence-electron chi connectivity index (χ0n) is 32.3. The van der Waals surface area contributed by atoms with Gasteiger partial charge in [0.1, 0.15) is 17.7 Å². The molecule has 1 aliphatic carbocycles. The SMILES string of the molecule is CC(C)S(=O)(=O)c1ccc(C(=O)N[C@H](CC2CCCCC2)C(=O)N2C[C@@H](n3nncc3C(C)(C)O)C[C@H]2C(=O)NC(CCCCNC(=O)O)C(=O)C(N)=O)cc1. The second-order valence-corrected chi connectivity index (χ2v) is 17.9. The molecule has 1 saturated carbocycles. The second-order valence-electron chi connectivity index (χ2n) is 15.4. The number of carbonyl (C=O) groups is 6. The topological polar surface area (TPSA) is 273 Å².